The zero-order valence-corrected chi connectivity index (χ0v) is 7.03. The molecule has 0 fully saturated rings. The highest BCUT2D eigenvalue weighted by atomic mass is 16.4. The number of aliphatic hydroxyl groups excluding tert-OH is 2. The molecule has 0 heterocycles. The first kappa shape index (κ1) is 11.1. The summed E-state index contributed by atoms with van der Waals surface area (Å²) in [6, 6.07) is 0. The molecule has 0 aromatic rings. The molecule has 0 aromatic carbocycles. The third-order valence-electron chi connectivity index (χ3n) is 1.60. The van der Waals surface area contributed by atoms with Crippen molar-refractivity contribution in [2.45, 2.75) is 32.0 Å². The van der Waals surface area contributed by atoms with Crippen molar-refractivity contribution in [3.8, 4) is 0 Å². The lowest BCUT2D eigenvalue weighted by Crippen LogP contribution is -2.22. The van der Waals surface area contributed by atoms with Crippen LogP contribution < -0.4 is 0 Å². The molecule has 70 valence electrons. The third-order valence-corrected chi connectivity index (χ3v) is 1.60. The minimum absolute atomic E-state index is 0.0506. The Morgan fingerprint density at radius 3 is 2.33 bits per heavy atom. The van der Waals surface area contributed by atoms with E-state index in [0.29, 0.717) is 0 Å². The maximum Gasteiger partial charge on any atom is 0.330 e. The molecular formula is C8H14O4. The molecule has 0 bridgehead atoms. The van der Waals surface area contributed by atoms with Crippen LogP contribution in [-0.2, 0) is 4.79 Å². The molecule has 0 aliphatic heterocycles. The average Bonchev–Trinajstić information content (AvgIpc) is 1.98. The fourth-order valence-electron chi connectivity index (χ4n) is 0.670. The Labute approximate surface area is 71.1 Å². The van der Waals surface area contributed by atoms with E-state index in [2.05, 4.69) is 6.58 Å². The van der Waals surface area contributed by atoms with Crippen molar-refractivity contribution in [1.82, 2.24) is 0 Å². The Morgan fingerprint density at radius 2 is 2.00 bits per heavy atom. The molecule has 4 nitrogen and oxygen atoms in total. The summed E-state index contributed by atoms with van der Waals surface area (Å²) in [7, 11) is 0. The molecule has 2 unspecified atom stereocenters. The predicted octanol–water partition coefficient (Wildman–Crippen LogP) is 0.149. The average molecular weight is 174 g/mol. The van der Waals surface area contributed by atoms with Gasteiger partial charge in [0, 0.05) is 5.57 Å². The van der Waals surface area contributed by atoms with Gasteiger partial charge in [-0.2, -0.15) is 0 Å². The summed E-state index contributed by atoms with van der Waals surface area (Å²) in [5, 5.41) is 26.3. The third kappa shape index (κ3) is 4.10. The summed E-state index contributed by atoms with van der Waals surface area (Å²) >= 11 is 0. The first-order valence-corrected chi connectivity index (χ1v) is 3.72. The molecule has 0 saturated carbocycles. The summed E-state index contributed by atoms with van der Waals surface area (Å²) in [5.41, 5.74) is 0.0506. The molecule has 0 aliphatic carbocycles. The number of rotatable bonds is 5. The van der Waals surface area contributed by atoms with Crippen molar-refractivity contribution >= 4 is 5.97 Å². The standard InChI is InChI=1S/C8H14O4/c1-5(8(11)12)3-4-7(10)6(2)9/h6-7,9-10H,1,3-4H2,2H3,(H,11,12). The SMILES string of the molecule is C=C(CCC(O)C(C)O)C(=O)O. The van der Waals surface area contributed by atoms with Crippen LogP contribution in [0.5, 0.6) is 0 Å². The lowest BCUT2D eigenvalue weighted by atomic mass is 10.1. The fourth-order valence-corrected chi connectivity index (χ4v) is 0.670. The van der Waals surface area contributed by atoms with E-state index in [9.17, 15) is 4.79 Å². The smallest absolute Gasteiger partial charge is 0.330 e. The number of aliphatic hydroxyl groups is 2. The van der Waals surface area contributed by atoms with Crippen LogP contribution in [-0.4, -0.2) is 33.5 Å². The molecule has 0 rings (SSSR count). The molecule has 0 aliphatic rings. The highest BCUT2D eigenvalue weighted by Gasteiger charge is 2.12. The molecule has 4 heteroatoms. The van der Waals surface area contributed by atoms with Crippen LogP contribution in [0.2, 0.25) is 0 Å². The Balaban J connectivity index is 3.69. The largest absolute Gasteiger partial charge is 0.478 e. The Bertz CT molecular complexity index is 174. The van der Waals surface area contributed by atoms with E-state index in [0.717, 1.165) is 0 Å². The van der Waals surface area contributed by atoms with Gasteiger partial charge in [-0.15, -0.1) is 0 Å². The van der Waals surface area contributed by atoms with E-state index < -0.39 is 18.2 Å². The van der Waals surface area contributed by atoms with Gasteiger partial charge in [-0.3, -0.25) is 0 Å². The van der Waals surface area contributed by atoms with Gasteiger partial charge in [-0.05, 0) is 19.8 Å². The first-order valence-electron chi connectivity index (χ1n) is 3.72. The van der Waals surface area contributed by atoms with E-state index in [-0.39, 0.29) is 18.4 Å². The van der Waals surface area contributed by atoms with Gasteiger partial charge < -0.3 is 15.3 Å². The Morgan fingerprint density at radius 1 is 1.50 bits per heavy atom. The quantitative estimate of drug-likeness (QED) is 0.518. The lowest BCUT2D eigenvalue weighted by molar-refractivity contribution is -0.132. The summed E-state index contributed by atoms with van der Waals surface area (Å²) < 4.78 is 0. The summed E-state index contributed by atoms with van der Waals surface area (Å²) in [6.45, 7) is 4.75. The van der Waals surface area contributed by atoms with Gasteiger partial charge in [0.1, 0.15) is 0 Å². The van der Waals surface area contributed by atoms with Crippen molar-refractivity contribution in [1.29, 1.82) is 0 Å². The van der Waals surface area contributed by atoms with Crippen LogP contribution in [0.25, 0.3) is 0 Å². The molecule has 12 heavy (non-hydrogen) atoms. The van der Waals surface area contributed by atoms with Crippen LogP contribution in [0.3, 0.4) is 0 Å². The van der Waals surface area contributed by atoms with Crippen molar-refractivity contribution < 1.29 is 20.1 Å². The lowest BCUT2D eigenvalue weighted by Gasteiger charge is -2.12. The fraction of sp³-hybridized carbons (Fsp3) is 0.625. The number of carbonyl (C=O) groups is 1. The van der Waals surface area contributed by atoms with E-state index in [1.54, 1.807) is 0 Å². The van der Waals surface area contributed by atoms with E-state index in [4.69, 9.17) is 15.3 Å². The van der Waals surface area contributed by atoms with Gasteiger partial charge in [0.25, 0.3) is 0 Å². The summed E-state index contributed by atoms with van der Waals surface area (Å²) in [5.74, 6) is -1.06. The molecule has 3 N–H and O–H groups in total. The number of hydrogen-bond donors (Lipinski definition) is 3. The molecule has 0 radical (unpaired) electrons. The highest BCUT2D eigenvalue weighted by Crippen LogP contribution is 2.08. The minimum Gasteiger partial charge on any atom is -0.478 e. The molecular weight excluding hydrogens is 160 g/mol. The molecule has 0 saturated heterocycles. The zero-order chi connectivity index (χ0) is 9.72. The number of carboxylic acid groups (broad SMARTS) is 1. The molecule has 0 spiro atoms. The number of aliphatic carboxylic acids is 1. The van der Waals surface area contributed by atoms with Crippen LogP contribution in [0.4, 0.5) is 0 Å². The Hall–Kier alpha value is -0.870. The van der Waals surface area contributed by atoms with Gasteiger partial charge in [-0.1, -0.05) is 6.58 Å². The molecule has 0 aromatic heterocycles. The van der Waals surface area contributed by atoms with E-state index in [1.165, 1.54) is 6.92 Å². The van der Waals surface area contributed by atoms with Crippen LogP contribution in [0.1, 0.15) is 19.8 Å². The Kier molecular flexibility index (Phi) is 4.54. The van der Waals surface area contributed by atoms with Crippen LogP contribution in [0.15, 0.2) is 12.2 Å². The van der Waals surface area contributed by atoms with Gasteiger partial charge in [0.2, 0.25) is 0 Å². The topological polar surface area (TPSA) is 77.8 Å². The van der Waals surface area contributed by atoms with Crippen molar-refractivity contribution in [3.63, 3.8) is 0 Å². The highest BCUT2D eigenvalue weighted by molar-refractivity contribution is 5.85. The number of carboxylic acids is 1. The minimum atomic E-state index is -1.06. The van der Waals surface area contributed by atoms with Crippen LogP contribution in [0, 0.1) is 0 Å². The van der Waals surface area contributed by atoms with Crippen molar-refractivity contribution in [3.05, 3.63) is 12.2 Å². The second-order valence-corrected chi connectivity index (χ2v) is 2.76. The van der Waals surface area contributed by atoms with Crippen molar-refractivity contribution in [2.24, 2.45) is 0 Å². The number of hydrogen-bond acceptors (Lipinski definition) is 3. The van der Waals surface area contributed by atoms with Gasteiger partial charge in [-0.25, -0.2) is 4.79 Å². The zero-order valence-electron chi connectivity index (χ0n) is 7.03. The maximum absolute atomic E-state index is 10.2. The predicted molar refractivity (Wildman–Crippen MR) is 43.7 cm³/mol. The summed E-state index contributed by atoms with van der Waals surface area (Å²) in [4.78, 5) is 10.2. The van der Waals surface area contributed by atoms with E-state index in [1.807, 2.05) is 0 Å². The summed E-state index contributed by atoms with van der Waals surface area (Å²) in [6.07, 6.45) is -1.28. The van der Waals surface area contributed by atoms with Crippen LogP contribution >= 0.6 is 0 Å². The maximum atomic E-state index is 10.2. The second-order valence-electron chi connectivity index (χ2n) is 2.76. The van der Waals surface area contributed by atoms with Gasteiger partial charge >= 0.3 is 5.97 Å². The van der Waals surface area contributed by atoms with Gasteiger partial charge in [0.05, 0.1) is 12.2 Å². The molecule has 2 atom stereocenters. The monoisotopic (exact) mass is 174 g/mol. The van der Waals surface area contributed by atoms with Gasteiger partial charge in [0.15, 0.2) is 0 Å². The van der Waals surface area contributed by atoms with E-state index >= 15 is 0 Å². The normalized spacial score (nSPS) is 15.2. The van der Waals surface area contributed by atoms with Crippen molar-refractivity contribution in [2.75, 3.05) is 0 Å². The molecule has 0 amide bonds. The second kappa shape index (κ2) is 4.90. The first-order chi connectivity index (χ1) is 5.45.